The van der Waals surface area contributed by atoms with E-state index in [1.54, 1.807) is 12.7 Å². The molecule has 0 aromatic heterocycles. The van der Waals surface area contributed by atoms with E-state index in [0.29, 0.717) is 11.8 Å². The van der Waals surface area contributed by atoms with Gasteiger partial charge in [0.25, 0.3) is 0 Å². The van der Waals surface area contributed by atoms with E-state index in [1.807, 2.05) is 0 Å². The van der Waals surface area contributed by atoms with Gasteiger partial charge in [-0.1, -0.05) is 36.4 Å². The standard InChI is InChI=1S/C28H39NO/c1-27(2)18-25(19-28(3,4)29-27)24-12-10-21(11-13-24)20-6-8-22(9-7-20)23-14-16-26(30-5)17-15-23/h10-17,20,22,25,29H,6-9,18-19H2,1-5H3. The van der Waals surface area contributed by atoms with Gasteiger partial charge in [-0.05, 0) is 113 Å². The SMILES string of the molecule is COc1ccc(C2CCC(c3ccc(C4CC(C)(C)NC(C)(C)C4)cc3)CC2)cc1. The Hall–Kier alpha value is -1.80. The van der Waals surface area contributed by atoms with Crippen LogP contribution in [-0.4, -0.2) is 18.2 Å². The summed E-state index contributed by atoms with van der Waals surface area (Å²) in [5.74, 6) is 3.02. The summed E-state index contributed by atoms with van der Waals surface area (Å²) in [6.45, 7) is 9.38. The van der Waals surface area contributed by atoms with Gasteiger partial charge in [0.15, 0.2) is 0 Å². The van der Waals surface area contributed by atoms with Crippen molar-refractivity contribution < 1.29 is 4.74 Å². The average Bonchev–Trinajstić information content (AvgIpc) is 2.72. The lowest BCUT2D eigenvalue weighted by molar-refractivity contribution is 0.162. The summed E-state index contributed by atoms with van der Waals surface area (Å²) in [7, 11) is 1.73. The van der Waals surface area contributed by atoms with E-state index in [-0.39, 0.29) is 11.1 Å². The van der Waals surface area contributed by atoms with Gasteiger partial charge >= 0.3 is 0 Å². The third-order valence-electron chi connectivity index (χ3n) is 7.38. The summed E-state index contributed by atoms with van der Waals surface area (Å²) < 4.78 is 5.30. The topological polar surface area (TPSA) is 21.3 Å². The Balaban J connectivity index is 1.38. The predicted octanol–water partition coefficient (Wildman–Crippen LogP) is 7.16. The number of hydrogen-bond acceptors (Lipinski definition) is 2. The van der Waals surface area contributed by atoms with Gasteiger partial charge in [0, 0.05) is 11.1 Å². The Morgan fingerprint density at radius 1 is 0.633 bits per heavy atom. The van der Waals surface area contributed by atoms with E-state index in [0.717, 1.165) is 11.7 Å². The van der Waals surface area contributed by atoms with Crippen molar-refractivity contribution in [2.24, 2.45) is 0 Å². The molecule has 0 atom stereocenters. The van der Waals surface area contributed by atoms with Crippen LogP contribution in [-0.2, 0) is 0 Å². The van der Waals surface area contributed by atoms with Crippen LogP contribution in [0.2, 0.25) is 0 Å². The summed E-state index contributed by atoms with van der Waals surface area (Å²) in [6, 6.07) is 18.4. The monoisotopic (exact) mass is 405 g/mol. The zero-order valence-corrected chi connectivity index (χ0v) is 19.5. The molecule has 0 amide bonds. The van der Waals surface area contributed by atoms with Crippen molar-refractivity contribution >= 4 is 0 Å². The highest BCUT2D eigenvalue weighted by molar-refractivity contribution is 5.32. The number of ether oxygens (including phenoxy) is 1. The molecule has 2 nitrogen and oxygen atoms in total. The Bertz CT molecular complexity index is 810. The molecule has 2 aromatic rings. The van der Waals surface area contributed by atoms with E-state index in [1.165, 1.54) is 49.7 Å². The molecule has 1 saturated heterocycles. The van der Waals surface area contributed by atoms with E-state index in [4.69, 9.17) is 4.74 Å². The molecule has 0 unspecified atom stereocenters. The van der Waals surface area contributed by atoms with Gasteiger partial charge in [0.2, 0.25) is 0 Å². The maximum absolute atomic E-state index is 5.30. The lowest BCUT2D eigenvalue weighted by atomic mass is 9.72. The first-order valence-electron chi connectivity index (χ1n) is 11.8. The second kappa shape index (κ2) is 8.38. The van der Waals surface area contributed by atoms with Gasteiger partial charge in [-0.2, -0.15) is 0 Å². The number of rotatable bonds is 4. The normalized spacial score (nSPS) is 26.3. The molecule has 1 aliphatic carbocycles. The van der Waals surface area contributed by atoms with Gasteiger partial charge in [0.1, 0.15) is 5.75 Å². The number of hydrogen-bond donors (Lipinski definition) is 1. The van der Waals surface area contributed by atoms with E-state index in [9.17, 15) is 0 Å². The quantitative estimate of drug-likeness (QED) is 0.582. The van der Waals surface area contributed by atoms with Crippen LogP contribution in [0.15, 0.2) is 48.5 Å². The summed E-state index contributed by atoms with van der Waals surface area (Å²) >= 11 is 0. The summed E-state index contributed by atoms with van der Waals surface area (Å²) in [4.78, 5) is 0. The minimum atomic E-state index is 0.199. The summed E-state index contributed by atoms with van der Waals surface area (Å²) in [5, 5.41) is 3.81. The third-order valence-corrected chi connectivity index (χ3v) is 7.38. The number of methoxy groups -OCH3 is 1. The Kier molecular flexibility index (Phi) is 5.99. The molecule has 2 aromatic carbocycles. The fourth-order valence-corrected chi connectivity index (χ4v) is 6.23. The molecule has 1 heterocycles. The fraction of sp³-hybridized carbons (Fsp3) is 0.571. The predicted molar refractivity (Wildman–Crippen MR) is 127 cm³/mol. The molecular formula is C28H39NO. The van der Waals surface area contributed by atoms with Crippen LogP contribution in [0.5, 0.6) is 5.75 Å². The van der Waals surface area contributed by atoms with Crippen LogP contribution < -0.4 is 10.1 Å². The first kappa shape index (κ1) is 21.4. The smallest absolute Gasteiger partial charge is 0.118 e. The highest BCUT2D eigenvalue weighted by Crippen LogP contribution is 2.42. The molecule has 2 heteroatoms. The van der Waals surface area contributed by atoms with Crippen LogP contribution >= 0.6 is 0 Å². The molecule has 1 N–H and O–H groups in total. The van der Waals surface area contributed by atoms with Crippen molar-refractivity contribution in [3.63, 3.8) is 0 Å². The largest absolute Gasteiger partial charge is 0.497 e. The molecule has 1 saturated carbocycles. The van der Waals surface area contributed by atoms with Gasteiger partial charge in [0.05, 0.1) is 7.11 Å². The molecule has 4 rings (SSSR count). The zero-order valence-electron chi connectivity index (χ0n) is 19.5. The molecule has 1 aliphatic heterocycles. The minimum absolute atomic E-state index is 0.199. The van der Waals surface area contributed by atoms with Crippen molar-refractivity contribution in [1.82, 2.24) is 5.32 Å². The fourth-order valence-electron chi connectivity index (χ4n) is 6.23. The molecule has 162 valence electrons. The lowest BCUT2D eigenvalue weighted by Gasteiger charge is -2.46. The molecule has 0 bridgehead atoms. The molecular weight excluding hydrogens is 366 g/mol. The van der Waals surface area contributed by atoms with Crippen LogP contribution in [0.25, 0.3) is 0 Å². The van der Waals surface area contributed by atoms with Crippen molar-refractivity contribution in [3.05, 3.63) is 65.2 Å². The van der Waals surface area contributed by atoms with Gasteiger partial charge in [-0.25, -0.2) is 0 Å². The van der Waals surface area contributed by atoms with Crippen LogP contribution in [0.1, 0.15) is 101 Å². The number of nitrogens with one attached hydrogen (secondary N) is 1. The van der Waals surface area contributed by atoms with E-state index < -0.39 is 0 Å². The van der Waals surface area contributed by atoms with Crippen LogP contribution in [0.4, 0.5) is 0 Å². The van der Waals surface area contributed by atoms with Crippen molar-refractivity contribution in [2.45, 2.75) is 95.1 Å². The maximum Gasteiger partial charge on any atom is 0.118 e. The van der Waals surface area contributed by atoms with Gasteiger partial charge in [-0.15, -0.1) is 0 Å². The van der Waals surface area contributed by atoms with E-state index in [2.05, 4.69) is 81.5 Å². The minimum Gasteiger partial charge on any atom is -0.497 e. The Morgan fingerprint density at radius 2 is 1.00 bits per heavy atom. The Labute approximate surface area is 183 Å². The average molecular weight is 406 g/mol. The molecule has 0 radical (unpaired) electrons. The van der Waals surface area contributed by atoms with E-state index >= 15 is 0 Å². The van der Waals surface area contributed by atoms with Crippen molar-refractivity contribution in [2.75, 3.05) is 7.11 Å². The van der Waals surface area contributed by atoms with Crippen LogP contribution in [0.3, 0.4) is 0 Å². The number of piperidine rings is 1. The zero-order chi connectivity index (χ0) is 21.4. The highest BCUT2D eigenvalue weighted by Gasteiger charge is 2.38. The summed E-state index contributed by atoms with van der Waals surface area (Å²) in [5.41, 5.74) is 4.93. The number of benzene rings is 2. The molecule has 2 aliphatic rings. The third kappa shape index (κ3) is 4.91. The molecule has 30 heavy (non-hydrogen) atoms. The summed E-state index contributed by atoms with van der Waals surface area (Å²) in [6.07, 6.45) is 7.59. The lowest BCUT2D eigenvalue weighted by Crippen LogP contribution is -2.57. The van der Waals surface area contributed by atoms with Crippen molar-refractivity contribution in [3.8, 4) is 5.75 Å². The second-order valence-corrected chi connectivity index (χ2v) is 11.0. The highest BCUT2D eigenvalue weighted by atomic mass is 16.5. The first-order valence-corrected chi connectivity index (χ1v) is 11.8. The Morgan fingerprint density at radius 3 is 1.40 bits per heavy atom. The first-order chi connectivity index (χ1) is 14.2. The molecule has 0 spiro atoms. The van der Waals surface area contributed by atoms with Crippen LogP contribution in [0, 0.1) is 0 Å². The molecule has 2 fully saturated rings. The van der Waals surface area contributed by atoms with Gasteiger partial charge in [-0.3, -0.25) is 0 Å². The maximum atomic E-state index is 5.30. The second-order valence-electron chi connectivity index (χ2n) is 11.0. The van der Waals surface area contributed by atoms with Crippen molar-refractivity contribution in [1.29, 1.82) is 0 Å². The van der Waals surface area contributed by atoms with Gasteiger partial charge < -0.3 is 10.1 Å².